The number of hydrogen-bond donors (Lipinski definition) is 2. The highest BCUT2D eigenvalue weighted by Crippen LogP contribution is 2.10. The van der Waals surface area contributed by atoms with Crippen molar-refractivity contribution in [2.75, 3.05) is 26.7 Å². The largest absolute Gasteiger partial charge is 0.374 e. The van der Waals surface area contributed by atoms with Crippen molar-refractivity contribution in [3.63, 3.8) is 0 Å². The van der Waals surface area contributed by atoms with Crippen LogP contribution < -0.4 is 11.3 Å². The molecular formula is C10H19N3O. The normalized spacial score (nSPS) is 25.6. The van der Waals surface area contributed by atoms with Crippen molar-refractivity contribution in [1.29, 1.82) is 0 Å². The van der Waals surface area contributed by atoms with Crippen molar-refractivity contribution < 1.29 is 4.74 Å². The summed E-state index contributed by atoms with van der Waals surface area (Å²) in [5.41, 5.74) is 2.78. The van der Waals surface area contributed by atoms with Gasteiger partial charge in [0.05, 0.1) is 12.7 Å². The number of morpholine rings is 1. The van der Waals surface area contributed by atoms with E-state index in [2.05, 4.69) is 23.3 Å². The Labute approximate surface area is 85.8 Å². The molecule has 1 saturated heterocycles. The number of nitrogens with two attached hydrogens (primary N) is 1. The van der Waals surface area contributed by atoms with E-state index in [1.807, 2.05) is 0 Å². The Balaban J connectivity index is 2.38. The monoisotopic (exact) mass is 197 g/mol. The molecule has 0 radical (unpaired) electrons. The minimum Gasteiger partial charge on any atom is -0.374 e. The number of ether oxygens (including phenoxy) is 1. The number of hydrazine groups is 1. The standard InChI is InChI=1S/C10H19N3O/c1-3-4-5-9(12-11)10-8-13(2)6-7-14-10/h1,9-10,12H,4-8,11H2,2H3. The van der Waals surface area contributed by atoms with E-state index in [1.165, 1.54) is 0 Å². The van der Waals surface area contributed by atoms with Crippen LogP contribution in [0.3, 0.4) is 0 Å². The summed E-state index contributed by atoms with van der Waals surface area (Å²) in [6.07, 6.45) is 6.98. The first-order valence-electron chi connectivity index (χ1n) is 4.97. The van der Waals surface area contributed by atoms with E-state index in [9.17, 15) is 0 Å². The van der Waals surface area contributed by atoms with Crippen LogP contribution in [0.4, 0.5) is 0 Å². The summed E-state index contributed by atoms with van der Waals surface area (Å²) in [7, 11) is 2.09. The molecule has 0 aliphatic carbocycles. The molecule has 4 nitrogen and oxygen atoms in total. The minimum absolute atomic E-state index is 0.159. The molecule has 0 amide bonds. The summed E-state index contributed by atoms with van der Waals surface area (Å²) in [5.74, 6) is 8.09. The third-order valence-corrected chi connectivity index (χ3v) is 2.56. The Morgan fingerprint density at radius 1 is 1.79 bits per heavy atom. The van der Waals surface area contributed by atoms with E-state index < -0.39 is 0 Å². The van der Waals surface area contributed by atoms with Crippen LogP contribution in [0.1, 0.15) is 12.8 Å². The quantitative estimate of drug-likeness (QED) is 0.364. The van der Waals surface area contributed by atoms with Crippen LogP contribution in [0, 0.1) is 12.3 Å². The van der Waals surface area contributed by atoms with Gasteiger partial charge in [-0.2, -0.15) is 0 Å². The van der Waals surface area contributed by atoms with E-state index in [0.29, 0.717) is 0 Å². The fraction of sp³-hybridized carbons (Fsp3) is 0.800. The van der Waals surface area contributed by atoms with Gasteiger partial charge < -0.3 is 9.64 Å². The number of nitrogens with zero attached hydrogens (tertiary/aromatic N) is 1. The lowest BCUT2D eigenvalue weighted by atomic mass is 10.0. The summed E-state index contributed by atoms with van der Waals surface area (Å²) < 4.78 is 5.65. The molecule has 1 heterocycles. The van der Waals surface area contributed by atoms with Crippen molar-refractivity contribution in [2.45, 2.75) is 25.0 Å². The summed E-state index contributed by atoms with van der Waals surface area (Å²) in [6, 6.07) is 0.161. The Morgan fingerprint density at radius 3 is 3.14 bits per heavy atom. The lowest BCUT2D eigenvalue weighted by molar-refractivity contribution is -0.0396. The molecule has 80 valence electrons. The van der Waals surface area contributed by atoms with Gasteiger partial charge in [0.2, 0.25) is 0 Å². The van der Waals surface area contributed by atoms with Crippen molar-refractivity contribution in [1.82, 2.24) is 10.3 Å². The van der Waals surface area contributed by atoms with Crippen molar-refractivity contribution in [3.05, 3.63) is 0 Å². The Bertz CT molecular complexity index is 202. The molecule has 0 bridgehead atoms. The first kappa shape index (κ1) is 11.5. The highest BCUT2D eigenvalue weighted by molar-refractivity contribution is 4.88. The molecule has 0 spiro atoms. The second-order valence-electron chi connectivity index (χ2n) is 3.69. The molecule has 1 rings (SSSR count). The van der Waals surface area contributed by atoms with Gasteiger partial charge in [-0.1, -0.05) is 0 Å². The van der Waals surface area contributed by atoms with Gasteiger partial charge >= 0.3 is 0 Å². The highest BCUT2D eigenvalue weighted by Gasteiger charge is 2.25. The van der Waals surface area contributed by atoms with Crippen LogP contribution >= 0.6 is 0 Å². The summed E-state index contributed by atoms with van der Waals surface area (Å²) in [5, 5.41) is 0. The third kappa shape index (κ3) is 3.28. The molecule has 0 saturated carbocycles. The molecule has 1 aliphatic heterocycles. The molecule has 3 N–H and O–H groups in total. The molecular weight excluding hydrogens is 178 g/mol. The number of nitrogens with one attached hydrogen (secondary N) is 1. The fourth-order valence-electron chi connectivity index (χ4n) is 1.67. The van der Waals surface area contributed by atoms with E-state index in [-0.39, 0.29) is 12.1 Å². The van der Waals surface area contributed by atoms with E-state index in [1.54, 1.807) is 0 Å². The van der Waals surface area contributed by atoms with Crippen LogP contribution in [-0.2, 0) is 4.74 Å². The molecule has 14 heavy (non-hydrogen) atoms. The predicted molar refractivity (Wildman–Crippen MR) is 56.4 cm³/mol. The molecule has 0 aromatic rings. The summed E-state index contributed by atoms with van der Waals surface area (Å²) >= 11 is 0. The zero-order valence-electron chi connectivity index (χ0n) is 8.70. The third-order valence-electron chi connectivity index (χ3n) is 2.56. The van der Waals surface area contributed by atoms with E-state index in [4.69, 9.17) is 17.0 Å². The number of terminal acetylenes is 1. The van der Waals surface area contributed by atoms with Gasteiger partial charge in [0.25, 0.3) is 0 Å². The molecule has 2 unspecified atom stereocenters. The van der Waals surface area contributed by atoms with Gasteiger partial charge in [-0.05, 0) is 13.5 Å². The first-order valence-corrected chi connectivity index (χ1v) is 4.97. The van der Waals surface area contributed by atoms with Gasteiger partial charge in [0.1, 0.15) is 0 Å². The molecule has 2 atom stereocenters. The maximum Gasteiger partial charge on any atom is 0.0868 e. The lowest BCUT2D eigenvalue weighted by Crippen LogP contribution is -2.53. The zero-order chi connectivity index (χ0) is 10.4. The average Bonchev–Trinajstić information content (AvgIpc) is 2.19. The average molecular weight is 197 g/mol. The van der Waals surface area contributed by atoms with Gasteiger partial charge in [-0.3, -0.25) is 11.3 Å². The van der Waals surface area contributed by atoms with Crippen LogP contribution in [0.15, 0.2) is 0 Å². The second kappa shape index (κ2) is 5.99. The van der Waals surface area contributed by atoms with Crippen molar-refractivity contribution >= 4 is 0 Å². The Hall–Kier alpha value is -0.600. The van der Waals surface area contributed by atoms with Gasteiger partial charge in [0, 0.05) is 25.6 Å². The van der Waals surface area contributed by atoms with Gasteiger partial charge in [-0.25, -0.2) is 0 Å². The molecule has 1 fully saturated rings. The summed E-state index contributed by atoms with van der Waals surface area (Å²) in [4.78, 5) is 2.24. The smallest absolute Gasteiger partial charge is 0.0868 e. The Morgan fingerprint density at radius 2 is 2.57 bits per heavy atom. The lowest BCUT2D eigenvalue weighted by Gasteiger charge is -2.34. The van der Waals surface area contributed by atoms with Crippen molar-refractivity contribution in [2.24, 2.45) is 5.84 Å². The van der Waals surface area contributed by atoms with Crippen LogP contribution in [-0.4, -0.2) is 43.8 Å². The highest BCUT2D eigenvalue weighted by atomic mass is 16.5. The van der Waals surface area contributed by atoms with Gasteiger partial charge in [-0.15, -0.1) is 12.3 Å². The topological polar surface area (TPSA) is 50.5 Å². The Kier molecular flexibility index (Phi) is 4.91. The van der Waals surface area contributed by atoms with Crippen LogP contribution in [0.25, 0.3) is 0 Å². The second-order valence-corrected chi connectivity index (χ2v) is 3.69. The van der Waals surface area contributed by atoms with E-state index >= 15 is 0 Å². The first-order chi connectivity index (χ1) is 6.77. The van der Waals surface area contributed by atoms with E-state index in [0.717, 1.165) is 32.5 Å². The maximum atomic E-state index is 5.65. The van der Waals surface area contributed by atoms with Crippen LogP contribution in [0.5, 0.6) is 0 Å². The molecule has 1 aliphatic rings. The van der Waals surface area contributed by atoms with Crippen molar-refractivity contribution in [3.8, 4) is 12.3 Å². The maximum absolute atomic E-state index is 5.65. The molecule has 0 aromatic carbocycles. The summed E-state index contributed by atoms with van der Waals surface area (Å²) in [6.45, 7) is 2.68. The van der Waals surface area contributed by atoms with Gasteiger partial charge in [0.15, 0.2) is 0 Å². The predicted octanol–water partition coefficient (Wildman–Crippen LogP) is -0.438. The number of likely N-dealkylation sites (N-methyl/N-ethyl adjacent to an activating group) is 1. The molecule has 4 heteroatoms. The minimum atomic E-state index is 0.159. The molecule has 0 aromatic heterocycles. The fourth-order valence-corrected chi connectivity index (χ4v) is 1.67. The van der Waals surface area contributed by atoms with Crippen LogP contribution in [0.2, 0.25) is 0 Å². The number of rotatable bonds is 4. The number of hydrogen-bond acceptors (Lipinski definition) is 4. The SMILES string of the molecule is C#CCCC(NN)C1CN(C)CCO1. The zero-order valence-corrected chi connectivity index (χ0v) is 8.70.